The number of phenolic OH excluding ortho intramolecular Hbond substituents is 1. The minimum Gasteiger partial charge on any atom is -0.506 e. The molecule has 0 atom stereocenters. The van der Waals surface area contributed by atoms with Crippen LogP contribution in [0.2, 0.25) is 0 Å². The van der Waals surface area contributed by atoms with E-state index in [1.165, 1.54) is 12.1 Å². The van der Waals surface area contributed by atoms with Crippen LogP contribution in [-0.4, -0.2) is 21.2 Å². The second kappa shape index (κ2) is 3.39. The smallest absolute Gasteiger partial charge is 0.307 e. The third kappa shape index (κ3) is 1.71. The first-order valence-electron chi connectivity index (χ1n) is 4.13. The standard InChI is InChI=1S/C9H7NO4S/c11-5-2-1-4(3-6(12)13)8-7(5)10-9(14)15-8/h1-2,11H,3H2,(H,10,14)(H,12,13). The van der Waals surface area contributed by atoms with Crippen LogP contribution < -0.4 is 4.87 Å². The fourth-order valence-electron chi connectivity index (χ4n) is 1.38. The molecule has 0 bridgehead atoms. The summed E-state index contributed by atoms with van der Waals surface area (Å²) in [6.45, 7) is 0. The van der Waals surface area contributed by atoms with Crippen LogP contribution in [0.4, 0.5) is 0 Å². The SMILES string of the molecule is O=C(O)Cc1ccc(O)c2[nH]c(=O)sc12. The molecule has 78 valence electrons. The molecule has 0 saturated carbocycles. The minimum atomic E-state index is -0.970. The maximum absolute atomic E-state index is 11.1. The number of carbonyl (C=O) groups is 1. The number of carboxylic acids is 1. The van der Waals surface area contributed by atoms with E-state index in [2.05, 4.69) is 4.98 Å². The Labute approximate surface area is 87.6 Å². The molecule has 1 aromatic heterocycles. The number of rotatable bonds is 2. The Morgan fingerprint density at radius 3 is 2.87 bits per heavy atom. The van der Waals surface area contributed by atoms with Crippen molar-refractivity contribution >= 4 is 27.5 Å². The monoisotopic (exact) mass is 225 g/mol. The van der Waals surface area contributed by atoms with E-state index in [1.54, 1.807) is 0 Å². The van der Waals surface area contributed by atoms with Crippen molar-refractivity contribution < 1.29 is 15.0 Å². The molecule has 2 aromatic rings. The quantitative estimate of drug-likeness (QED) is 0.708. The van der Waals surface area contributed by atoms with Gasteiger partial charge in [-0.25, -0.2) is 0 Å². The number of hydrogen-bond donors (Lipinski definition) is 3. The van der Waals surface area contributed by atoms with Gasteiger partial charge in [-0.2, -0.15) is 0 Å². The van der Waals surface area contributed by atoms with E-state index in [9.17, 15) is 14.7 Å². The second-order valence-electron chi connectivity index (χ2n) is 3.03. The first-order valence-corrected chi connectivity index (χ1v) is 4.95. The zero-order valence-electron chi connectivity index (χ0n) is 7.48. The Balaban J connectivity index is 2.70. The van der Waals surface area contributed by atoms with Crippen molar-refractivity contribution in [3.05, 3.63) is 27.4 Å². The van der Waals surface area contributed by atoms with E-state index in [1.807, 2.05) is 0 Å². The highest BCUT2D eigenvalue weighted by molar-refractivity contribution is 7.16. The molecular formula is C9H7NO4S. The number of fused-ring (bicyclic) bond motifs is 1. The number of aromatic nitrogens is 1. The number of H-pyrrole nitrogens is 1. The lowest BCUT2D eigenvalue weighted by atomic mass is 10.1. The molecule has 0 aliphatic rings. The number of benzene rings is 1. The number of phenols is 1. The number of aliphatic carboxylic acids is 1. The lowest BCUT2D eigenvalue weighted by Crippen LogP contribution is -1.99. The van der Waals surface area contributed by atoms with E-state index in [4.69, 9.17) is 5.11 Å². The van der Waals surface area contributed by atoms with Crippen LogP contribution in [0.15, 0.2) is 16.9 Å². The number of carboxylic acid groups (broad SMARTS) is 1. The van der Waals surface area contributed by atoms with Gasteiger partial charge < -0.3 is 15.2 Å². The van der Waals surface area contributed by atoms with Gasteiger partial charge in [0.15, 0.2) is 0 Å². The summed E-state index contributed by atoms with van der Waals surface area (Å²) < 4.78 is 0.502. The zero-order chi connectivity index (χ0) is 11.0. The first kappa shape index (κ1) is 9.72. The van der Waals surface area contributed by atoms with Gasteiger partial charge in [-0.1, -0.05) is 17.4 Å². The average molecular weight is 225 g/mol. The Hall–Kier alpha value is -1.82. The van der Waals surface area contributed by atoms with E-state index in [0.717, 1.165) is 11.3 Å². The summed E-state index contributed by atoms with van der Waals surface area (Å²) in [5.74, 6) is -1.01. The molecular weight excluding hydrogens is 218 g/mol. The average Bonchev–Trinajstić information content (AvgIpc) is 2.52. The molecule has 1 aromatic carbocycles. The van der Waals surface area contributed by atoms with Crippen molar-refractivity contribution in [1.29, 1.82) is 0 Å². The maximum atomic E-state index is 11.1. The zero-order valence-corrected chi connectivity index (χ0v) is 8.30. The highest BCUT2D eigenvalue weighted by Crippen LogP contribution is 2.27. The molecule has 0 aliphatic heterocycles. The van der Waals surface area contributed by atoms with Crippen LogP contribution in [0.25, 0.3) is 10.2 Å². The molecule has 2 rings (SSSR count). The number of aromatic hydroxyl groups is 1. The Morgan fingerprint density at radius 2 is 2.20 bits per heavy atom. The number of nitrogens with one attached hydrogen (secondary N) is 1. The first-order chi connectivity index (χ1) is 7.08. The molecule has 0 spiro atoms. The van der Waals surface area contributed by atoms with E-state index < -0.39 is 5.97 Å². The van der Waals surface area contributed by atoms with E-state index in [-0.39, 0.29) is 17.0 Å². The summed E-state index contributed by atoms with van der Waals surface area (Å²) in [5.41, 5.74) is 0.836. The lowest BCUT2D eigenvalue weighted by Gasteiger charge is -2.00. The van der Waals surface area contributed by atoms with Crippen LogP contribution in [-0.2, 0) is 11.2 Å². The molecule has 0 amide bonds. The van der Waals surface area contributed by atoms with E-state index in [0.29, 0.717) is 15.8 Å². The van der Waals surface area contributed by atoms with Gasteiger partial charge in [0.1, 0.15) is 11.3 Å². The Morgan fingerprint density at radius 1 is 1.47 bits per heavy atom. The lowest BCUT2D eigenvalue weighted by molar-refractivity contribution is -0.136. The predicted molar refractivity (Wildman–Crippen MR) is 55.5 cm³/mol. The number of thiazole rings is 1. The van der Waals surface area contributed by atoms with E-state index >= 15 is 0 Å². The van der Waals surface area contributed by atoms with Gasteiger partial charge in [-0.3, -0.25) is 9.59 Å². The highest BCUT2D eigenvalue weighted by atomic mass is 32.1. The third-order valence-electron chi connectivity index (χ3n) is 1.98. The number of aromatic amines is 1. The van der Waals surface area contributed by atoms with Crippen LogP contribution in [0.1, 0.15) is 5.56 Å². The van der Waals surface area contributed by atoms with Crippen LogP contribution in [0, 0.1) is 0 Å². The third-order valence-corrected chi connectivity index (χ3v) is 2.94. The largest absolute Gasteiger partial charge is 0.506 e. The van der Waals surface area contributed by atoms with Crippen molar-refractivity contribution in [3.63, 3.8) is 0 Å². The predicted octanol–water partition coefficient (Wildman–Crippen LogP) is 0.922. The van der Waals surface area contributed by atoms with Crippen LogP contribution in [0.3, 0.4) is 0 Å². The minimum absolute atomic E-state index is 0.0440. The molecule has 6 heteroatoms. The van der Waals surface area contributed by atoms with Crippen molar-refractivity contribution in [2.24, 2.45) is 0 Å². The summed E-state index contributed by atoms with van der Waals surface area (Å²) in [4.78, 5) is 23.8. The van der Waals surface area contributed by atoms with Crippen LogP contribution in [0.5, 0.6) is 5.75 Å². The maximum Gasteiger partial charge on any atom is 0.307 e. The molecule has 0 unspecified atom stereocenters. The summed E-state index contributed by atoms with van der Waals surface area (Å²) in [5, 5.41) is 18.1. The molecule has 1 heterocycles. The van der Waals surface area contributed by atoms with Gasteiger partial charge in [0.05, 0.1) is 11.1 Å². The van der Waals surface area contributed by atoms with Gasteiger partial charge in [0.2, 0.25) is 0 Å². The number of hydrogen-bond acceptors (Lipinski definition) is 4. The van der Waals surface area contributed by atoms with Gasteiger partial charge in [0.25, 0.3) is 0 Å². The molecule has 5 nitrogen and oxygen atoms in total. The summed E-state index contributed by atoms with van der Waals surface area (Å²) in [6, 6.07) is 2.89. The Bertz CT molecular complexity index is 583. The molecule has 0 aliphatic carbocycles. The van der Waals surface area contributed by atoms with Crippen LogP contribution >= 0.6 is 11.3 Å². The highest BCUT2D eigenvalue weighted by Gasteiger charge is 2.11. The van der Waals surface area contributed by atoms with Crippen molar-refractivity contribution in [3.8, 4) is 5.75 Å². The van der Waals surface area contributed by atoms with Gasteiger partial charge in [0, 0.05) is 0 Å². The van der Waals surface area contributed by atoms with Gasteiger partial charge >= 0.3 is 10.8 Å². The van der Waals surface area contributed by atoms with Crippen molar-refractivity contribution in [2.45, 2.75) is 6.42 Å². The summed E-state index contributed by atoms with van der Waals surface area (Å²) in [6.07, 6.45) is -0.162. The van der Waals surface area contributed by atoms with Gasteiger partial charge in [-0.15, -0.1) is 0 Å². The van der Waals surface area contributed by atoms with Crippen molar-refractivity contribution in [1.82, 2.24) is 4.98 Å². The van der Waals surface area contributed by atoms with Gasteiger partial charge in [-0.05, 0) is 11.6 Å². The normalized spacial score (nSPS) is 10.7. The fourth-order valence-corrected chi connectivity index (χ4v) is 2.24. The molecule has 3 N–H and O–H groups in total. The molecule has 15 heavy (non-hydrogen) atoms. The molecule has 0 radical (unpaired) electrons. The summed E-state index contributed by atoms with van der Waals surface area (Å²) >= 11 is 0.900. The Kier molecular flexibility index (Phi) is 2.20. The second-order valence-corrected chi connectivity index (χ2v) is 4.02. The summed E-state index contributed by atoms with van der Waals surface area (Å²) in [7, 11) is 0. The topological polar surface area (TPSA) is 90.4 Å². The molecule has 0 saturated heterocycles. The van der Waals surface area contributed by atoms with Crippen molar-refractivity contribution in [2.75, 3.05) is 0 Å². The molecule has 0 fully saturated rings. The fraction of sp³-hybridized carbons (Fsp3) is 0.111.